The Morgan fingerprint density at radius 1 is 1.14 bits per heavy atom. The van der Waals surface area contributed by atoms with Crippen molar-refractivity contribution in [1.82, 2.24) is 5.32 Å². The molecule has 0 spiro atoms. The summed E-state index contributed by atoms with van der Waals surface area (Å²) in [4.78, 5) is 11.7. The van der Waals surface area contributed by atoms with E-state index in [-0.39, 0.29) is 7.33 Å². The number of carbonyl (C=O) groups is 1. The highest BCUT2D eigenvalue weighted by atomic mass is 16.3. The van der Waals surface area contributed by atoms with Crippen molar-refractivity contribution in [2.24, 2.45) is 0 Å². The molecule has 0 radical (unpaired) electrons. The highest BCUT2D eigenvalue weighted by Crippen LogP contribution is 2.11. The van der Waals surface area contributed by atoms with Crippen molar-refractivity contribution in [3.63, 3.8) is 0 Å². The summed E-state index contributed by atoms with van der Waals surface area (Å²) in [6.07, 6.45) is 9.55. The minimum atomic E-state index is -0.112. The van der Waals surface area contributed by atoms with Crippen LogP contribution < -0.4 is 5.32 Å². The summed E-state index contributed by atoms with van der Waals surface area (Å²) in [6, 6.07) is 1.68. The summed E-state index contributed by atoms with van der Waals surface area (Å²) < 4.78 is 5.08. The Morgan fingerprint density at radius 2 is 1.76 bits per heavy atom. The Bertz CT molecular complexity index is 434. The van der Waals surface area contributed by atoms with Gasteiger partial charge in [0.05, 0.1) is 11.8 Å². The fraction of sp³-hybridized carbons (Fsp3) is 0.500. The summed E-state index contributed by atoms with van der Waals surface area (Å²) >= 11 is 0. The highest BCUT2D eigenvalue weighted by Gasteiger charge is 2.11. The molecule has 1 aromatic rings. The second-order valence-corrected chi connectivity index (χ2v) is 3.48. The second-order valence-electron chi connectivity index (χ2n) is 3.48. The van der Waals surface area contributed by atoms with E-state index in [1.165, 1.54) is 6.26 Å². The van der Waals surface area contributed by atoms with Gasteiger partial charge < -0.3 is 9.73 Å². The Balaban J connectivity index is -0.000000463. The number of rotatable bonds is 2. The Kier molecular flexibility index (Phi) is 15.0. The molecule has 0 atom stereocenters. The summed E-state index contributed by atoms with van der Waals surface area (Å²) in [5, 5.41) is 2.84. The number of aryl methyl sites for hydroxylation is 1. The number of nitrogens with one attached hydrogen (secondary N) is 1. The maximum atomic E-state index is 11.7. The molecule has 0 unspecified atom stereocenters. The van der Waals surface area contributed by atoms with E-state index < -0.39 is 0 Å². The quantitative estimate of drug-likeness (QED) is 0.740. The van der Waals surface area contributed by atoms with Crippen molar-refractivity contribution >= 4 is 5.91 Å². The molecular weight excluding hydrogens is 262 g/mol. The predicted molar refractivity (Wildman–Crippen MR) is 93.5 cm³/mol. The third-order valence-electron chi connectivity index (χ3n) is 2.36. The van der Waals surface area contributed by atoms with Crippen LogP contribution in [0.2, 0.25) is 0 Å². The van der Waals surface area contributed by atoms with Crippen molar-refractivity contribution < 1.29 is 10.6 Å². The molecule has 0 saturated carbocycles. The average molecular weight is 295 g/mol. The van der Waals surface area contributed by atoms with E-state index in [4.69, 9.17) is 4.42 Å². The maximum Gasteiger partial charge on any atom is 0.259 e. The molecule has 122 valence electrons. The number of furan rings is 1. The molecule has 0 aromatic carbocycles. The molecular formula is C18H33NO2. The average Bonchev–Trinajstić information content (AvgIpc) is 3.00. The van der Waals surface area contributed by atoms with Crippen molar-refractivity contribution in [1.29, 1.82) is 0 Å². The molecule has 1 aliphatic rings. The van der Waals surface area contributed by atoms with Crippen LogP contribution in [-0.2, 0) is 0 Å². The van der Waals surface area contributed by atoms with Gasteiger partial charge in [-0.15, -0.1) is 0 Å². The number of amides is 1. The predicted octanol–water partition coefficient (Wildman–Crippen LogP) is 5.88. The topological polar surface area (TPSA) is 42.2 Å². The van der Waals surface area contributed by atoms with E-state index in [0.29, 0.717) is 11.3 Å². The van der Waals surface area contributed by atoms with Crippen molar-refractivity contribution in [3.8, 4) is 0 Å². The van der Waals surface area contributed by atoms with Crippen molar-refractivity contribution in [3.05, 3.63) is 47.6 Å². The molecule has 1 aromatic heterocycles. The molecule has 1 aliphatic carbocycles. The first-order valence-electron chi connectivity index (χ1n) is 7.99. The van der Waals surface area contributed by atoms with Crippen LogP contribution in [-0.4, -0.2) is 5.91 Å². The molecule has 1 amide bonds. The molecule has 3 nitrogen and oxygen atoms in total. The summed E-state index contributed by atoms with van der Waals surface area (Å²) in [7, 11) is 0. The zero-order chi connectivity index (χ0) is 16.7. The van der Waals surface area contributed by atoms with Crippen LogP contribution in [0.4, 0.5) is 0 Å². The van der Waals surface area contributed by atoms with E-state index in [1.54, 1.807) is 13.0 Å². The first-order valence-corrected chi connectivity index (χ1v) is 7.99. The van der Waals surface area contributed by atoms with Crippen LogP contribution in [0, 0.1) is 6.92 Å². The van der Waals surface area contributed by atoms with Crippen molar-refractivity contribution in [2.45, 2.75) is 61.3 Å². The van der Waals surface area contributed by atoms with Crippen LogP contribution in [0.25, 0.3) is 0 Å². The SMILES string of the molecule is CC.CC.CC.Cc1occc1C(=O)NC1=CCCC=C1.[HH]. The third kappa shape index (κ3) is 8.18. The maximum absolute atomic E-state index is 11.7. The van der Waals surface area contributed by atoms with Gasteiger partial charge in [-0.2, -0.15) is 0 Å². The highest BCUT2D eigenvalue weighted by molar-refractivity contribution is 5.96. The fourth-order valence-electron chi connectivity index (χ4n) is 1.53. The minimum absolute atomic E-state index is 0. The zero-order valence-corrected chi connectivity index (χ0v) is 14.6. The smallest absolute Gasteiger partial charge is 0.259 e. The van der Waals surface area contributed by atoms with Crippen LogP contribution in [0.3, 0.4) is 0 Å². The van der Waals surface area contributed by atoms with Crippen LogP contribution in [0.5, 0.6) is 0 Å². The normalized spacial score (nSPS) is 11.5. The van der Waals surface area contributed by atoms with Gasteiger partial charge in [0.15, 0.2) is 0 Å². The number of hydrogen-bond donors (Lipinski definition) is 1. The Hall–Kier alpha value is -1.77. The van der Waals surface area contributed by atoms with Crippen LogP contribution >= 0.6 is 0 Å². The zero-order valence-electron chi connectivity index (χ0n) is 14.6. The summed E-state index contributed by atoms with van der Waals surface area (Å²) in [5.41, 5.74) is 1.46. The van der Waals surface area contributed by atoms with Gasteiger partial charge in [0.1, 0.15) is 5.76 Å². The molecule has 0 bridgehead atoms. The molecule has 3 heteroatoms. The van der Waals surface area contributed by atoms with Gasteiger partial charge in [-0.1, -0.05) is 53.7 Å². The monoisotopic (exact) mass is 295 g/mol. The lowest BCUT2D eigenvalue weighted by Crippen LogP contribution is -2.22. The van der Waals surface area contributed by atoms with E-state index in [1.807, 2.05) is 53.7 Å². The Morgan fingerprint density at radius 3 is 2.19 bits per heavy atom. The van der Waals surface area contributed by atoms with Gasteiger partial charge in [-0.05, 0) is 31.9 Å². The molecule has 0 fully saturated rings. The second kappa shape index (κ2) is 14.6. The number of hydrogen-bond acceptors (Lipinski definition) is 2. The minimum Gasteiger partial charge on any atom is -0.469 e. The van der Waals surface area contributed by atoms with E-state index in [0.717, 1.165) is 18.5 Å². The van der Waals surface area contributed by atoms with Gasteiger partial charge in [-0.25, -0.2) is 0 Å². The lowest BCUT2D eigenvalue weighted by Gasteiger charge is -2.08. The van der Waals surface area contributed by atoms with Gasteiger partial charge in [-0.3, -0.25) is 4.79 Å². The lowest BCUT2D eigenvalue weighted by molar-refractivity contribution is 0.0965. The molecule has 2 rings (SSSR count). The summed E-state index contributed by atoms with van der Waals surface area (Å²) in [5.74, 6) is 0.534. The molecule has 21 heavy (non-hydrogen) atoms. The molecule has 0 aliphatic heterocycles. The molecule has 1 N–H and O–H groups in total. The van der Waals surface area contributed by atoms with E-state index in [2.05, 4.69) is 11.4 Å². The number of allylic oxidation sites excluding steroid dienone is 3. The van der Waals surface area contributed by atoms with Crippen LogP contribution in [0.15, 0.2) is 40.7 Å². The van der Waals surface area contributed by atoms with E-state index >= 15 is 0 Å². The first kappa shape index (κ1) is 21.5. The van der Waals surface area contributed by atoms with Gasteiger partial charge in [0.2, 0.25) is 0 Å². The number of carbonyl (C=O) groups excluding carboxylic acids is 1. The van der Waals surface area contributed by atoms with Crippen molar-refractivity contribution in [2.75, 3.05) is 0 Å². The largest absolute Gasteiger partial charge is 0.469 e. The summed E-state index contributed by atoms with van der Waals surface area (Å²) in [6.45, 7) is 13.8. The standard InChI is InChI=1S/C12H13NO2.3C2H6.H2/c1-9-11(7-8-15-9)12(14)13-10-5-3-2-4-6-10;3*1-2;/h3,5-8H,2,4H2,1H3,(H,13,14);3*1-2H3;1H. The Labute approximate surface area is 131 Å². The lowest BCUT2D eigenvalue weighted by atomic mass is 10.1. The third-order valence-corrected chi connectivity index (χ3v) is 2.36. The molecule has 1 heterocycles. The molecule has 0 saturated heterocycles. The van der Waals surface area contributed by atoms with Crippen LogP contribution in [0.1, 0.15) is 71.9 Å². The van der Waals surface area contributed by atoms with E-state index in [9.17, 15) is 4.79 Å². The van der Waals surface area contributed by atoms with Gasteiger partial charge >= 0.3 is 0 Å². The first-order chi connectivity index (χ1) is 10.3. The van der Waals surface area contributed by atoms with Gasteiger partial charge in [0, 0.05) is 7.12 Å². The van der Waals surface area contributed by atoms with Gasteiger partial charge in [0.25, 0.3) is 5.91 Å². The fourth-order valence-corrected chi connectivity index (χ4v) is 1.53.